The van der Waals surface area contributed by atoms with Gasteiger partial charge in [0.05, 0.1) is 17.8 Å². The average molecular weight is 322 g/mol. The first-order valence-electron chi connectivity index (χ1n) is 7.65. The highest BCUT2D eigenvalue weighted by Gasteiger charge is 2.16. The molecule has 0 fully saturated rings. The molecule has 0 aliphatic carbocycles. The van der Waals surface area contributed by atoms with Gasteiger partial charge in [-0.05, 0) is 20.8 Å². The maximum atomic E-state index is 12.3. The first-order chi connectivity index (χ1) is 11.6. The second-order valence-electron chi connectivity index (χ2n) is 5.55. The molecule has 0 radical (unpaired) electrons. The number of nitrogens with zero attached hydrogens (tertiary/aromatic N) is 3. The lowest BCUT2D eigenvalue weighted by atomic mass is 10.1. The number of aryl methyl sites for hydroxylation is 2. The Labute approximate surface area is 139 Å². The van der Waals surface area contributed by atoms with Gasteiger partial charge in [0, 0.05) is 17.3 Å². The van der Waals surface area contributed by atoms with Crippen LogP contribution in [-0.2, 0) is 6.54 Å². The van der Waals surface area contributed by atoms with Crippen molar-refractivity contribution in [3.8, 4) is 11.3 Å². The van der Waals surface area contributed by atoms with Gasteiger partial charge in [0.25, 0.3) is 5.91 Å². The monoisotopic (exact) mass is 322 g/mol. The number of carbonyl (C=O) groups excluding carboxylic acids is 1. The Kier molecular flexibility index (Phi) is 4.37. The molecule has 1 aromatic carbocycles. The molecular weight excluding hydrogens is 304 g/mol. The summed E-state index contributed by atoms with van der Waals surface area (Å²) >= 11 is 0. The number of benzene rings is 1. The summed E-state index contributed by atoms with van der Waals surface area (Å²) in [5.41, 5.74) is 3.70. The van der Waals surface area contributed by atoms with Gasteiger partial charge in [0.1, 0.15) is 11.5 Å². The molecule has 3 rings (SSSR count). The van der Waals surface area contributed by atoms with Gasteiger partial charge in [-0.15, -0.1) is 0 Å². The van der Waals surface area contributed by atoms with Gasteiger partial charge in [0.15, 0.2) is 5.76 Å². The lowest BCUT2D eigenvalue weighted by Crippen LogP contribution is -2.24. The quantitative estimate of drug-likeness (QED) is 0.798. The van der Waals surface area contributed by atoms with E-state index in [-0.39, 0.29) is 12.5 Å². The number of aromatic nitrogens is 3. The van der Waals surface area contributed by atoms with Crippen molar-refractivity contribution in [2.75, 3.05) is 0 Å². The van der Waals surface area contributed by atoms with E-state index in [1.807, 2.05) is 37.3 Å². The van der Waals surface area contributed by atoms with Crippen molar-refractivity contribution < 1.29 is 9.32 Å². The van der Waals surface area contributed by atoms with Crippen LogP contribution in [0, 0.1) is 20.8 Å². The zero-order chi connectivity index (χ0) is 17.1. The van der Waals surface area contributed by atoms with Crippen LogP contribution in [-0.4, -0.2) is 21.0 Å². The second kappa shape index (κ2) is 6.62. The van der Waals surface area contributed by atoms with Crippen LogP contribution in [0.5, 0.6) is 0 Å². The summed E-state index contributed by atoms with van der Waals surface area (Å²) in [5.74, 6) is 1.13. The summed E-state index contributed by atoms with van der Waals surface area (Å²) < 4.78 is 5.43. The molecule has 0 aliphatic rings. The Balaban J connectivity index is 1.73. The molecule has 3 aromatic rings. The Morgan fingerprint density at radius 1 is 1.17 bits per heavy atom. The Hall–Kier alpha value is -3.02. The number of hydrogen-bond acceptors (Lipinski definition) is 5. The number of carbonyl (C=O) groups is 1. The summed E-state index contributed by atoms with van der Waals surface area (Å²) in [6.07, 6.45) is 1.54. The minimum atomic E-state index is -0.226. The predicted octanol–water partition coefficient (Wildman–Crippen LogP) is 2.99. The van der Waals surface area contributed by atoms with Gasteiger partial charge >= 0.3 is 0 Å². The van der Waals surface area contributed by atoms with Gasteiger partial charge < -0.3 is 9.84 Å². The van der Waals surface area contributed by atoms with Gasteiger partial charge in [-0.2, -0.15) is 0 Å². The molecule has 122 valence electrons. The Morgan fingerprint density at radius 2 is 1.92 bits per heavy atom. The van der Waals surface area contributed by atoms with E-state index < -0.39 is 0 Å². The first-order valence-corrected chi connectivity index (χ1v) is 7.65. The fraction of sp³-hybridized carbons (Fsp3) is 0.222. The van der Waals surface area contributed by atoms with Crippen LogP contribution in [0.25, 0.3) is 11.3 Å². The SMILES string of the molecule is Cc1ncc(C(=O)NCc2noc(-c3ccccc3)c2C)c(C)n1. The second-order valence-corrected chi connectivity index (χ2v) is 5.55. The lowest BCUT2D eigenvalue weighted by molar-refractivity contribution is 0.0948. The molecular formula is C18H18N4O2. The van der Waals surface area contributed by atoms with E-state index in [9.17, 15) is 4.79 Å². The van der Waals surface area contributed by atoms with E-state index in [1.165, 1.54) is 6.20 Å². The summed E-state index contributed by atoms with van der Waals surface area (Å²) in [5, 5.41) is 6.91. The van der Waals surface area contributed by atoms with Crippen LogP contribution in [0.1, 0.15) is 33.1 Å². The van der Waals surface area contributed by atoms with Crippen LogP contribution in [0.15, 0.2) is 41.1 Å². The summed E-state index contributed by atoms with van der Waals surface area (Å²) in [4.78, 5) is 20.6. The van der Waals surface area contributed by atoms with Crippen molar-refractivity contribution in [1.82, 2.24) is 20.4 Å². The van der Waals surface area contributed by atoms with Crippen molar-refractivity contribution in [3.05, 3.63) is 64.9 Å². The maximum Gasteiger partial charge on any atom is 0.255 e. The van der Waals surface area contributed by atoms with Crippen LogP contribution >= 0.6 is 0 Å². The molecule has 0 atom stereocenters. The van der Waals surface area contributed by atoms with Crippen molar-refractivity contribution in [2.45, 2.75) is 27.3 Å². The molecule has 2 aromatic heterocycles. The molecule has 2 heterocycles. The third-order valence-corrected chi connectivity index (χ3v) is 3.82. The molecule has 6 nitrogen and oxygen atoms in total. The summed E-state index contributed by atoms with van der Waals surface area (Å²) in [7, 11) is 0. The molecule has 6 heteroatoms. The van der Waals surface area contributed by atoms with E-state index in [4.69, 9.17) is 4.52 Å². The molecule has 0 unspecified atom stereocenters. The fourth-order valence-electron chi connectivity index (χ4n) is 2.46. The molecule has 0 spiro atoms. The minimum absolute atomic E-state index is 0.226. The normalized spacial score (nSPS) is 10.6. The van der Waals surface area contributed by atoms with Crippen molar-refractivity contribution >= 4 is 5.91 Å². The first kappa shape index (κ1) is 15.9. The maximum absolute atomic E-state index is 12.3. The van der Waals surface area contributed by atoms with E-state index in [0.717, 1.165) is 16.9 Å². The fourth-order valence-corrected chi connectivity index (χ4v) is 2.46. The molecule has 0 saturated heterocycles. The topological polar surface area (TPSA) is 80.9 Å². The Morgan fingerprint density at radius 3 is 2.62 bits per heavy atom. The smallest absolute Gasteiger partial charge is 0.255 e. The van der Waals surface area contributed by atoms with E-state index in [0.29, 0.717) is 22.8 Å². The van der Waals surface area contributed by atoms with Crippen molar-refractivity contribution in [3.63, 3.8) is 0 Å². The minimum Gasteiger partial charge on any atom is -0.356 e. The van der Waals surface area contributed by atoms with E-state index in [2.05, 4.69) is 20.4 Å². The molecule has 1 amide bonds. The molecule has 0 saturated carbocycles. The lowest BCUT2D eigenvalue weighted by Gasteiger charge is -2.06. The van der Waals surface area contributed by atoms with E-state index >= 15 is 0 Å². The van der Waals surface area contributed by atoms with Crippen LogP contribution in [0.4, 0.5) is 0 Å². The number of nitrogens with one attached hydrogen (secondary N) is 1. The predicted molar refractivity (Wildman–Crippen MR) is 89.4 cm³/mol. The van der Waals surface area contributed by atoms with Crippen LogP contribution < -0.4 is 5.32 Å². The van der Waals surface area contributed by atoms with Gasteiger partial charge in [-0.1, -0.05) is 35.5 Å². The number of rotatable bonds is 4. The third-order valence-electron chi connectivity index (χ3n) is 3.82. The zero-order valence-corrected chi connectivity index (χ0v) is 13.8. The molecule has 1 N–H and O–H groups in total. The zero-order valence-electron chi connectivity index (χ0n) is 13.8. The van der Waals surface area contributed by atoms with Crippen LogP contribution in [0.2, 0.25) is 0 Å². The number of amides is 1. The third kappa shape index (κ3) is 3.17. The number of hydrogen-bond donors (Lipinski definition) is 1. The van der Waals surface area contributed by atoms with Gasteiger partial charge in [-0.3, -0.25) is 4.79 Å². The Bertz CT molecular complexity index is 872. The highest BCUT2D eigenvalue weighted by atomic mass is 16.5. The largest absolute Gasteiger partial charge is 0.356 e. The summed E-state index contributed by atoms with van der Waals surface area (Å²) in [6.45, 7) is 5.80. The molecule has 24 heavy (non-hydrogen) atoms. The van der Waals surface area contributed by atoms with Gasteiger partial charge in [-0.25, -0.2) is 9.97 Å². The highest BCUT2D eigenvalue weighted by Crippen LogP contribution is 2.25. The van der Waals surface area contributed by atoms with Crippen LogP contribution in [0.3, 0.4) is 0 Å². The van der Waals surface area contributed by atoms with Crippen molar-refractivity contribution in [1.29, 1.82) is 0 Å². The highest BCUT2D eigenvalue weighted by molar-refractivity contribution is 5.94. The average Bonchev–Trinajstić information content (AvgIpc) is 2.94. The summed E-state index contributed by atoms with van der Waals surface area (Å²) in [6, 6.07) is 9.76. The van der Waals surface area contributed by atoms with E-state index in [1.54, 1.807) is 13.8 Å². The molecule has 0 bridgehead atoms. The standard InChI is InChI=1S/C18H18N4O2/c1-11-16(22-24-17(11)14-7-5-4-6-8-14)10-20-18(23)15-9-19-13(3)21-12(15)2/h4-9H,10H2,1-3H3,(H,20,23). The molecule has 0 aliphatic heterocycles. The van der Waals surface area contributed by atoms with Gasteiger partial charge in [0.2, 0.25) is 0 Å². The van der Waals surface area contributed by atoms with Crippen molar-refractivity contribution in [2.24, 2.45) is 0 Å².